The Bertz CT molecular complexity index is 8.00. The summed E-state index contributed by atoms with van der Waals surface area (Å²) in [5, 5.41) is 0. The Balaban J connectivity index is 0. The van der Waals surface area contributed by atoms with Crippen LogP contribution in [-0.2, 0) is 21.7 Å². The molecule has 4 heavy (non-hydrogen) atoms. The van der Waals surface area contributed by atoms with Crippen LogP contribution in [0.25, 0.3) is 0 Å². The van der Waals surface area contributed by atoms with Gasteiger partial charge in [-0.3, -0.25) is 0 Å². The minimum Gasteiger partial charge on any atom is 0 e. The standard InChI is InChI=1S/Al.N.P.Ti. The Morgan fingerprint density at radius 2 is 1.00 bits per heavy atom. The first-order valence-corrected chi connectivity index (χ1v) is 0. The molecule has 0 bridgehead atoms. The zero-order chi connectivity index (χ0) is 0. The van der Waals surface area contributed by atoms with Gasteiger partial charge in [0.15, 0.2) is 0 Å². The molecule has 0 saturated heterocycles. The van der Waals surface area contributed by atoms with Gasteiger partial charge >= 0.3 is 0 Å². The molecular formula is AlNPTi. The van der Waals surface area contributed by atoms with Crippen LogP contribution in [0.5, 0.6) is 0 Å². The Morgan fingerprint density at radius 1 is 1.00 bits per heavy atom. The van der Waals surface area contributed by atoms with Crippen LogP contribution in [-0.4, -0.2) is 17.4 Å². The monoisotopic (exact) mass is 120 g/mol. The fourth-order valence-electron chi connectivity index (χ4n) is 0. The van der Waals surface area contributed by atoms with Gasteiger partial charge in [0.1, 0.15) is 0 Å². The van der Waals surface area contributed by atoms with Gasteiger partial charge in [-0.05, 0) is 0 Å². The second-order valence-corrected chi connectivity index (χ2v) is 0. The molecule has 0 unspecified atom stereocenters. The maximum absolute atomic E-state index is 0. The molecule has 0 aliphatic rings. The largest absolute Gasteiger partial charge is 0 e. The van der Waals surface area contributed by atoms with E-state index in [0.29, 0.717) is 0 Å². The molecule has 0 rings (SSSR count). The molecule has 0 aromatic heterocycles. The topological polar surface area (TPSA) is 30.5 Å². The SMILES string of the molecule is [Al].[N].[P].[Ti]. The summed E-state index contributed by atoms with van der Waals surface area (Å²) in [7, 11) is 0. The molecule has 0 N–H and O–H groups in total. The molecule has 0 aliphatic carbocycles. The van der Waals surface area contributed by atoms with Crippen molar-refractivity contribution >= 4 is 27.3 Å². The number of hydrogen-bond donors (Lipinski definition) is 0. The van der Waals surface area contributed by atoms with E-state index < -0.39 is 0 Å². The average molecular weight is 120 g/mol. The summed E-state index contributed by atoms with van der Waals surface area (Å²) in [6.07, 6.45) is 0. The summed E-state index contributed by atoms with van der Waals surface area (Å²) in [4.78, 5) is 0. The van der Waals surface area contributed by atoms with Crippen LogP contribution >= 0.6 is 9.90 Å². The van der Waals surface area contributed by atoms with Gasteiger partial charge in [-0.15, -0.1) is 0 Å². The minimum atomic E-state index is 0. The van der Waals surface area contributed by atoms with E-state index in [9.17, 15) is 0 Å². The summed E-state index contributed by atoms with van der Waals surface area (Å²) < 4.78 is 0. The van der Waals surface area contributed by atoms with Crippen LogP contribution in [0.2, 0.25) is 0 Å². The molecule has 4 heteroatoms. The van der Waals surface area contributed by atoms with Crippen molar-refractivity contribution < 1.29 is 21.7 Å². The van der Waals surface area contributed by atoms with Gasteiger partial charge < -0.3 is 0 Å². The molecule has 0 aromatic rings. The minimum absolute atomic E-state index is 0. The van der Waals surface area contributed by atoms with Crippen LogP contribution in [0.3, 0.4) is 0 Å². The van der Waals surface area contributed by atoms with Crippen molar-refractivity contribution in [2.24, 2.45) is 0 Å². The summed E-state index contributed by atoms with van der Waals surface area (Å²) in [6, 6.07) is 0. The first-order chi connectivity index (χ1) is 0. The Hall–Kier alpha value is 1.64. The van der Waals surface area contributed by atoms with Crippen molar-refractivity contribution in [3.63, 3.8) is 0 Å². The van der Waals surface area contributed by atoms with E-state index in [-0.39, 0.29) is 55.1 Å². The van der Waals surface area contributed by atoms with Gasteiger partial charge in [-0.2, -0.15) is 0 Å². The van der Waals surface area contributed by atoms with Gasteiger partial charge in [-0.25, -0.2) is 0 Å². The van der Waals surface area contributed by atoms with Crippen molar-refractivity contribution in [1.82, 2.24) is 6.15 Å². The van der Waals surface area contributed by atoms with Crippen LogP contribution < -0.4 is 6.15 Å². The quantitative estimate of drug-likeness (QED) is 0.318. The molecule has 0 aromatic carbocycles. The molecule has 9 radical (unpaired) electrons. The Morgan fingerprint density at radius 3 is 1.00 bits per heavy atom. The summed E-state index contributed by atoms with van der Waals surface area (Å²) >= 11 is 0. The Labute approximate surface area is 55.1 Å². The Kier molecular flexibility index (Phi) is 259. The molecule has 0 atom stereocenters. The van der Waals surface area contributed by atoms with Crippen LogP contribution in [0.1, 0.15) is 0 Å². The molecule has 0 fully saturated rings. The summed E-state index contributed by atoms with van der Waals surface area (Å²) in [5.74, 6) is 0. The molecule has 0 amide bonds. The maximum atomic E-state index is 0. The van der Waals surface area contributed by atoms with Gasteiger partial charge in [0.05, 0.1) is 0 Å². The third-order valence-electron chi connectivity index (χ3n) is 0. The number of rotatable bonds is 0. The maximum Gasteiger partial charge on any atom is 0 e. The molecular weight excluding hydrogens is 120 g/mol. The van der Waals surface area contributed by atoms with Gasteiger partial charge in [0, 0.05) is 55.1 Å². The summed E-state index contributed by atoms with van der Waals surface area (Å²) in [6.45, 7) is 0. The third kappa shape index (κ3) is 9.44. The second-order valence-electron chi connectivity index (χ2n) is 0. The smallest absolute Gasteiger partial charge is 0 e. The van der Waals surface area contributed by atoms with Gasteiger partial charge in [-0.1, -0.05) is 0 Å². The van der Waals surface area contributed by atoms with E-state index in [1.54, 1.807) is 0 Å². The zero-order valence-electron chi connectivity index (χ0n) is 1.97. The third-order valence-corrected chi connectivity index (χ3v) is 0. The van der Waals surface area contributed by atoms with Crippen molar-refractivity contribution in [2.75, 3.05) is 0 Å². The zero-order valence-corrected chi connectivity index (χ0v) is 5.58. The molecule has 0 aliphatic heterocycles. The van der Waals surface area contributed by atoms with E-state index in [1.165, 1.54) is 0 Å². The fourth-order valence-corrected chi connectivity index (χ4v) is 0. The molecule has 0 saturated carbocycles. The fraction of sp³-hybridized carbons (Fsp3) is 0. The van der Waals surface area contributed by atoms with E-state index in [4.69, 9.17) is 0 Å². The van der Waals surface area contributed by atoms with Gasteiger partial charge in [0.25, 0.3) is 0 Å². The molecule has 0 spiro atoms. The van der Waals surface area contributed by atoms with Crippen molar-refractivity contribution in [3.8, 4) is 0 Å². The van der Waals surface area contributed by atoms with E-state index in [2.05, 4.69) is 0 Å². The number of hydrogen-bond acceptors (Lipinski definition) is 0. The molecule has 17 valence electrons. The first-order valence-electron chi connectivity index (χ1n) is 0. The van der Waals surface area contributed by atoms with Crippen LogP contribution in [0, 0.1) is 0 Å². The van der Waals surface area contributed by atoms with E-state index in [1.807, 2.05) is 0 Å². The second kappa shape index (κ2) is 22.9. The first kappa shape index (κ1) is 45.2. The molecule has 0 heterocycles. The van der Waals surface area contributed by atoms with Crippen molar-refractivity contribution in [1.29, 1.82) is 0 Å². The van der Waals surface area contributed by atoms with Crippen molar-refractivity contribution in [2.45, 2.75) is 0 Å². The normalized spacial score (nSPS) is 0. The van der Waals surface area contributed by atoms with E-state index in [0.717, 1.165) is 0 Å². The van der Waals surface area contributed by atoms with Crippen LogP contribution in [0.4, 0.5) is 0 Å². The average Bonchev–Trinajstić information content (AvgIpc) is 0. The predicted octanol–water partition coefficient (Wildman–Crippen LogP) is -0.00270. The predicted molar refractivity (Wildman–Crippen MR) is 14.8 cm³/mol. The van der Waals surface area contributed by atoms with Gasteiger partial charge in [0.2, 0.25) is 0 Å². The van der Waals surface area contributed by atoms with E-state index >= 15 is 0 Å². The molecule has 1 nitrogen and oxygen atoms in total. The number of nitrogens with zero attached hydrogens (tertiary/aromatic N) is 1. The summed E-state index contributed by atoms with van der Waals surface area (Å²) in [5.41, 5.74) is 0. The van der Waals surface area contributed by atoms with Crippen molar-refractivity contribution in [3.05, 3.63) is 0 Å². The van der Waals surface area contributed by atoms with Crippen LogP contribution in [0.15, 0.2) is 0 Å².